The summed E-state index contributed by atoms with van der Waals surface area (Å²) < 4.78 is 19.0. The maximum absolute atomic E-state index is 13.6. The number of ether oxygens (including phenoxy) is 1. The fraction of sp³-hybridized carbons (Fsp3) is 0.538. The predicted octanol–water partition coefficient (Wildman–Crippen LogP) is 1.38. The van der Waals surface area contributed by atoms with Gasteiger partial charge in [0, 0.05) is 25.3 Å². The number of nitrogens with two attached hydrogens (primary N) is 1. The van der Waals surface area contributed by atoms with Crippen LogP contribution < -0.4 is 5.73 Å². The predicted molar refractivity (Wildman–Crippen MR) is 65.1 cm³/mol. The Balaban J connectivity index is 2.10. The highest BCUT2D eigenvalue weighted by Crippen LogP contribution is 2.25. The van der Waals surface area contributed by atoms with E-state index in [0.717, 1.165) is 13.0 Å². The molecule has 94 valence electrons. The molecule has 1 fully saturated rings. The van der Waals surface area contributed by atoms with E-state index in [1.807, 2.05) is 19.2 Å². The first-order chi connectivity index (χ1) is 8.18. The summed E-state index contributed by atoms with van der Waals surface area (Å²) in [5, 5.41) is 0. The normalized spacial score (nSPS) is 24.5. The molecule has 1 heterocycles. The minimum atomic E-state index is -0.162. The first-order valence-electron chi connectivity index (χ1n) is 5.90. The Labute approximate surface area is 101 Å². The molecule has 1 atom stereocenters. The molecule has 0 radical (unpaired) electrons. The van der Waals surface area contributed by atoms with E-state index in [-0.39, 0.29) is 11.4 Å². The van der Waals surface area contributed by atoms with Gasteiger partial charge < -0.3 is 10.5 Å². The van der Waals surface area contributed by atoms with Gasteiger partial charge in [-0.25, -0.2) is 4.39 Å². The fourth-order valence-corrected chi connectivity index (χ4v) is 2.26. The summed E-state index contributed by atoms with van der Waals surface area (Å²) in [5.74, 6) is -0.162. The van der Waals surface area contributed by atoms with Crippen LogP contribution in [0.15, 0.2) is 24.3 Å². The third-order valence-electron chi connectivity index (χ3n) is 3.64. The topological polar surface area (TPSA) is 38.5 Å². The second-order valence-electron chi connectivity index (χ2n) is 4.68. The summed E-state index contributed by atoms with van der Waals surface area (Å²) in [6.45, 7) is 2.47. The van der Waals surface area contributed by atoms with Crippen LogP contribution in [0.3, 0.4) is 0 Å². The Bertz CT molecular complexity index is 377. The Morgan fingerprint density at radius 3 is 2.82 bits per heavy atom. The molecule has 1 aliphatic heterocycles. The van der Waals surface area contributed by atoms with Gasteiger partial charge in [-0.1, -0.05) is 18.2 Å². The number of benzene rings is 1. The van der Waals surface area contributed by atoms with E-state index in [1.54, 1.807) is 6.07 Å². The zero-order valence-electron chi connectivity index (χ0n) is 10.2. The average Bonchev–Trinajstić information content (AvgIpc) is 2.82. The fourth-order valence-electron chi connectivity index (χ4n) is 2.26. The number of nitrogens with zero attached hydrogens (tertiary/aromatic N) is 1. The third-order valence-corrected chi connectivity index (χ3v) is 3.64. The minimum Gasteiger partial charge on any atom is -0.379 e. The van der Waals surface area contributed by atoms with Crippen molar-refractivity contribution in [1.82, 2.24) is 4.90 Å². The summed E-state index contributed by atoms with van der Waals surface area (Å²) >= 11 is 0. The third kappa shape index (κ3) is 2.49. The Hall–Kier alpha value is -0.970. The molecule has 0 amide bonds. The van der Waals surface area contributed by atoms with Crippen molar-refractivity contribution in [2.24, 2.45) is 5.73 Å². The van der Waals surface area contributed by atoms with Crippen molar-refractivity contribution >= 4 is 0 Å². The molecule has 1 aliphatic rings. The molecule has 2 N–H and O–H groups in total. The van der Waals surface area contributed by atoms with Gasteiger partial charge in [-0.2, -0.15) is 0 Å². The molecule has 2 rings (SSSR count). The van der Waals surface area contributed by atoms with E-state index in [1.165, 1.54) is 6.07 Å². The first-order valence-corrected chi connectivity index (χ1v) is 5.90. The summed E-state index contributed by atoms with van der Waals surface area (Å²) in [5.41, 5.74) is 6.41. The zero-order valence-corrected chi connectivity index (χ0v) is 10.2. The summed E-state index contributed by atoms with van der Waals surface area (Å²) in [7, 11) is 1.98. The van der Waals surface area contributed by atoms with Gasteiger partial charge in [-0.3, -0.25) is 4.90 Å². The van der Waals surface area contributed by atoms with Gasteiger partial charge in [0.1, 0.15) is 5.82 Å². The van der Waals surface area contributed by atoms with Crippen molar-refractivity contribution in [3.05, 3.63) is 35.6 Å². The highest BCUT2D eigenvalue weighted by molar-refractivity contribution is 5.17. The first kappa shape index (κ1) is 12.5. The molecule has 1 aromatic rings. The van der Waals surface area contributed by atoms with Crippen molar-refractivity contribution in [2.75, 3.05) is 26.8 Å². The monoisotopic (exact) mass is 238 g/mol. The molecular formula is C13H19FN2O. The van der Waals surface area contributed by atoms with Gasteiger partial charge >= 0.3 is 0 Å². The molecule has 17 heavy (non-hydrogen) atoms. The van der Waals surface area contributed by atoms with Crippen LogP contribution in [0.2, 0.25) is 0 Å². The molecule has 0 spiro atoms. The quantitative estimate of drug-likeness (QED) is 0.861. The number of hydrogen-bond acceptors (Lipinski definition) is 3. The molecule has 1 saturated heterocycles. The molecular weight excluding hydrogens is 219 g/mol. The van der Waals surface area contributed by atoms with E-state index >= 15 is 0 Å². The maximum Gasteiger partial charge on any atom is 0.127 e. The number of hydrogen-bond donors (Lipinski definition) is 1. The maximum atomic E-state index is 13.6. The molecule has 1 unspecified atom stereocenters. The van der Waals surface area contributed by atoms with E-state index in [0.29, 0.717) is 25.3 Å². The molecule has 0 aromatic heterocycles. The Morgan fingerprint density at radius 2 is 2.24 bits per heavy atom. The van der Waals surface area contributed by atoms with Gasteiger partial charge in [0.15, 0.2) is 0 Å². The SMILES string of the molecule is CN(Cc1ccccc1F)C1(CN)CCOC1. The van der Waals surface area contributed by atoms with Crippen LogP contribution >= 0.6 is 0 Å². The van der Waals surface area contributed by atoms with Crippen LogP contribution in [0.4, 0.5) is 4.39 Å². The smallest absolute Gasteiger partial charge is 0.127 e. The highest BCUT2D eigenvalue weighted by Gasteiger charge is 2.37. The van der Waals surface area contributed by atoms with Gasteiger partial charge in [0.2, 0.25) is 0 Å². The molecule has 3 nitrogen and oxygen atoms in total. The van der Waals surface area contributed by atoms with Crippen LogP contribution in [0.1, 0.15) is 12.0 Å². The molecule has 4 heteroatoms. The van der Waals surface area contributed by atoms with Gasteiger partial charge in [-0.05, 0) is 19.5 Å². The van der Waals surface area contributed by atoms with E-state index < -0.39 is 0 Å². The average molecular weight is 238 g/mol. The zero-order chi connectivity index (χ0) is 12.3. The van der Waals surface area contributed by atoms with Crippen molar-refractivity contribution in [1.29, 1.82) is 0 Å². The largest absolute Gasteiger partial charge is 0.379 e. The highest BCUT2D eigenvalue weighted by atomic mass is 19.1. The van der Waals surface area contributed by atoms with Gasteiger partial charge in [0.25, 0.3) is 0 Å². The van der Waals surface area contributed by atoms with E-state index in [4.69, 9.17) is 10.5 Å². The van der Waals surface area contributed by atoms with Crippen LogP contribution in [0, 0.1) is 5.82 Å². The Kier molecular flexibility index (Phi) is 3.76. The second kappa shape index (κ2) is 5.12. The lowest BCUT2D eigenvalue weighted by Crippen LogP contribution is -2.52. The van der Waals surface area contributed by atoms with E-state index in [9.17, 15) is 4.39 Å². The van der Waals surface area contributed by atoms with Crippen LogP contribution in [-0.2, 0) is 11.3 Å². The number of rotatable bonds is 4. The molecule has 1 aromatic carbocycles. The second-order valence-corrected chi connectivity index (χ2v) is 4.68. The van der Waals surface area contributed by atoms with Crippen molar-refractivity contribution in [2.45, 2.75) is 18.5 Å². The summed E-state index contributed by atoms with van der Waals surface area (Å²) in [6.07, 6.45) is 0.911. The lowest BCUT2D eigenvalue weighted by atomic mass is 9.96. The minimum absolute atomic E-state index is 0.137. The van der Waals surface area contributed by atoms with Crippen molar-refractivity contribution in [3.8, 4) is 0 Å². The van der Waals surface area contributed by atoms with Gasteiger partial charge in [0.05, 0.1) is 12.1 Å². The molecule has 0 bridgehead atoms. The van der Waals surface area contributed by atoms with Crippen molar-refractivity contribution < 1.29 is 9.13 Å². The lowest BCUT2D eigenvalue weighted by Gasteiger charge is -2.36. The van der Waals surface area contributed by atoms with Crippen molar-refractivity contribution in [3.63, 3.8) is 0 Å². The van der Waals surface area contributed by atoms with E-state index in [2.05, 4.69) is 4.90 Å². The summed E-state index contributed by atoms with van der Waals surface area (Å²) in [6, 6.07) is 6.86. The van der Waals surface area contributed by atoms with Gasteiger partial charge in [-0.15, -0.1) is 0 Å². The van der Waals surface area contributed by atoms with Crippen LogP contribution in [-0.4, -0.2) is 37.2 Å². The van der Waals surface area contributed by atoms with Crippen LogP contribution in [0.5, 0.6) is 0 Å². The standard InChI is InChI=1S/C13H19FN2O/c1-16(13(9-15)6-7-17-10-13)8-11-4-2-3-5-12(11)14/h2-5H,6-10,15H2,1H3. The lowest BCUT2D eigenvalue weighted by molar-refractivity contribution is 0.0874. The molecule has 0 saturated carbocycles. The number of halogens is 1. The number of likely N-dealkylation sites (N-methyl/N-ethyl adjacent to an activating group) is 1. The Morgan fingerprint density at radius 1 is 1.47 bits per heavy atom. The molecule has 0 aliphatic carbocycles. The van der Waals surface area contributed by atoms with Crippen LogP contribution in [0.25, 0.3) is 0 Å². The summed E-state index contributed by atoms with van der Waals surface area (Å²) in [4.78, 5) is 2.11.